The molecular formula is C14H16ClN3O. The van der Waals surface area contributed by atoms with E-state index < -0.39 is 0 Å². The van der Waals surface area contributed by atoms with E-state index in [1.165, 1.54) is 6.33 Å². The molecule has 1 aromatic heterocycles. The molecule has 0 saturated carbocycles. The Morgan fingerprint density at radius 1 is 1.26 bits per heavy atom. The van der Waals surface area contributed by atoms with Crippen molar-refractivity contribution >= 4 is 17.4 Å². The monoisotopic (exact) mass is 277 g/mol. The number of rotatable bonds is 4. The normalized spacial score (nSPS) is 12.0. The van der Waals surface area contributed by atoms with E-state index in [0.717, 1.165) is 22.7 Å². The molecule has 0 aliphatic heterocycles. The fourth-order valence-corrected chi connectivity index (χ4v) is 2.01. The van der Waals surface area contributed by atoms with Crippen molar-refractivity contribution in [3.63, 3.8) is 0 Å². The highest BCUT2D eigenvalue weighted by Crippen LogP contribution is 2.28. The third-order valence-electron chi connectivity index (χ3n) is 2.98. The molecule has 0 aliphatic carbocycles. The molecule has 4 nitrogen and oxygen atoms in total. The van der Waals surface area contributed by atoms with E-state index in [4.69, 9.17) is 16.3 Å². The summed E-state index contributed by atoms with van der Waals surface area (Å²) in [5.74, 6) is 1.58. The molecule has 100 valence electrons. The van der Waals surface area contributed by atoms with Crippen molar-refractivity contribution in [1.82, 2.24) is 9.97 Å². The van der Waals surface area contributed by atoms with Crippen LogP contribution in [0.15, 0.2) is 30.6 Å². The average molecular weight is 278 g/mol. The summed E-state index contributed by atoms with van der Waals surface area (Å²) in [6.45, 7) is 3.94. The van der Waals surface area contributed by atoms with Gasteiger partial charge in [0.05, 0.1) is 13.2 Å². The number of para-hydroxylation sites is 1. The molecule has 0 saturated heterocycles. The number of benzene rings is 1. The molecule has 19 heavy (non-hydrogen) atoms. The average Bonchev–Trinajstić information content (AvgIpc) is 2.43. The van der Waals surface area contributed by atoms with Crippen LogP contribution in [0.2, 0.25) is 5.15 Å². The molecule has 0 aliphatic rings. The maximum Gasteiger partial charge on any atom is 0.137 e. The second-order valence-electron chi connectivity index (χ2n) is 4.25. The lowest BCUT2D eigenvalue weighted by Crippen LogP contribution is -2.10. The highest BCUT2D eigenvalue weighted by molar-refractivity contribution is 6.30. The fourth-order valence-electron chi connectivity index (χ4n) is 1.88. The molecule has 1 heterocycles. The van der Waals surface area contributed by atoms with E-state index in [1.807, 2.05) is 38.1 Å². The standard InChI is InChI=1S/C14H16ClN3O/c1-9-13(15)16-8-17-14(9)18-10(2)11-6-4-5-7-12(11)19-3/h4-8,10H,1-3H3,(H,16,17,18). The SMILES string of the molecule is COc1ccccc1C(C)Nc1ncnc(Cl)c1C. The number of anilines is 1. The van der Waals surface area contributed by atoms with Crippen LogP contribution in [0.5, 0.6) is 5.75 Å². The van der Waals surface area contributed by atoms with Gasteiger partial charge in [-0.25, -0.2) is 9.97 Å². The lowest BCUT2D eigenvalue weighted by Gasteiger charge is -2.18. The number of methoxy groups -OCH3 is 1. The van der Waals surface area contributed by atoms with Crippen LogP contribution in [-0.4, -0.2) is 17.1 Å². The number of ether oxygens (including phenoxy) is 1. The van der Waals surface area contributed by atoms with Crippen molar-refractivity contribution in [3.05, 3.63) is 46.9 Å². The summed E-state index contributed by atoms with van der Waals surface area (Å²) < 4.78 is 5.36. The van der Waals surface area contributed by atoms with E-state index in [1.54, 1.807) is 7.11 Å². The lowest BCUT2D eigenvalue weighted by atomic mass is 10.1. The van der Waals surface area contributed by atoms with Gasteiger partial charge in [-0.2, -0.15) is 0 Å². The maximum absolute atomic E-state index is 5.99. The molecule has 0 radical (unpaired) electrons. The summed E-state index contributed by atoms with van der Waals surface area (Å²) in [5, 5.41) is 3.79. The molecule has 2 aromatic rings. The molecule has 0 fully saturated rings. The number of nitrogens with zero attached hydrogens (tertiary/aromatic N) is 2. The highest BCUT2D eigenvalue weighted by atomic mass is 35.5. The van der Waals surface area contributed by atoms with Crippen LogP contribution in [0, 0.1) is 6.92 Å². The Bertz CT molecular complexity index is 574. The molecule has 5 heteroatoms. The predicted molar refractivity (Wildman–Crippen MR) is 76.8 cm³/mol. The molecule has 0 spiro atoms. The minimum absolute atomic E-state index is 0.0563. The third-order valence-corrected chi connectivity index (χ3v) is 3.36. The maximum atomic E-state index is 5.99. The van der Waals surface area contributed by atoms with Gasteiger partial charge in [-0.3, -0.25) is 0 Å². The number of hydrogen-bond donors (Lipinski definition) is 1. The van der Waals surface area contributed by atoms with Gasteiger partial charge < -0.3 is 10.1 Å². The molecule has 1 N–H and O–H groups in total. The molecule has 2 rings (SSSR count). The van der Waals surface area contributed by atoms with E-state index in [0.29, 0.717) is 5.15 Å². The van der Waals surface area contributed by atoms with Crippen LogP contribution in [0.4, 0.5) is 5.82 Å². The molecule has 1 atom stereocenters. The zero-order valence-corrected chi connectivity index (χ0v) is 11.9. The first-order valence-electron chi connectivity index (χ1n) is 6.00. The van der Waals surface area contributed by atoms with Gasteiger partial charge in [0.2, 0.25) is 0 Å². The number of hydrogen-bond acceptors (Lipinski definition) is 4. The minimum Gasteiger partial charge on any atom is -0.496 e. The predicted octanol–water partition coefficient (Wildman–Crippen LogP) is 3.62. The van der Waals surface area contributed by atoms with Crippen LogP contribution >= 0.6 is 11.6 Å². The van der Waals surface area contributed by atoms with Crippen LogP contribution < -0.4 is 10.1 Å². The van der Waals surface area contributed by atoms with Gasteiger partial charge in [-0.05, 0) is 19.9 Å². The number of nitrogens with one attached hydrogen (secondary N) is 1. The Hall–Kier alpha value is -1.81. The second-order valence-corrected chi connectivity index (χ2v) is 4.60. The Balaban J connectivity index is 2.26. The molecular weight excluding hydrogens is 262 g/mol. The smallest absolute Gasteiger partial charge is 0.137 e. The highest BCUT2D eigenvalue weighted by Gasteiger charge is 2.13. The largest absolute Gasteiger partial charge is 0.496 e. The van der Waals surface area contributed by atoms with Gasteiger partial charge in [-0.1, -0.05) is 29.8 Å². The van der Waals surface area contributed by atoms with E-state index in [-0.39, 0.29) is 6.04 Å². The zero-order valence-electron chi connectivity index (χ0n) is 11.1. The fraction of sp³-hybridized carbons (Fsp3) is 0.286. The summed E-state index contributed by atoms with van der Waals surface area (Å²) >= 11 is 5.99. The second kappa shape index (κ2) is 5.89. The summed E-state index contributed by atoms with van der Waals surface area (Å²) in [6, 6.07) is 7.94. The number of aromatic nitrogens is 2. The number of halogens is 1. The van der Waals surface area contributed by atoms with Crippen molar-refractivity contribution in [2.24, 2.45) is 0 Å². The Labute approximate surface area is 117 Å². The van der Waals surface area contributed by atoms with Crippen molar-refractivity contribution in [2.75, 3.05) is 12.4 Å². The van der Waals surface area contributed by atoms with Crippen LogP contribution in [0.1, 0.15) is 24.1 Å². The molecule has 1 unspecified atom stereocenters. The molecule has 0 bridgehead atoms. The van der Waals surface area contributed by atoms with E-state index in [9.17, 15) is 0 Å². The first kappa shape index (κ1) is 13.6. The first-order valence-corrected chi connectivity index (χ1v) is 6.37. The van der Waals surface area contributed by atoms with Crippen molar-refractivity contribution < 1.29 is 4.74 Å². The van der Waals surface area contributed by atoms with E-state index >= 15 is 0 Å². The minimum atomic E-state index is 0.0563. The van der Waals surface area contributed by atoms with Crippen molar-refractivity contribution in [1.29, 1.82) is 0 Å². The van der Waals surface area contributed by atoms with Gasteiger partial charge in [0.15, 0.2) is 0 Å². The summed E-state index contributed by atoms with van der Waals surface area (Å²) in [5.41, 5.74) is 1.91. The van der Waals surface area contributed by atoms with Crippen LogP contribution in [0.25, 0.3) is 0 Å². The van der Waals surface area contributed by atoms with Crippen LogP contribution in [0.3, 0.4) is 0 Å². The summed E-state index contributed by atoms with van der Waals surface area (Å²) in [7, 11) is 1.67. The molecule has 0 amide bonds. The van der Waals surface area contributed by atoms with E-state index in [2.05, 4.69) is 15.3 Å². The van der Waals surface area contributed by atoms with Gasteiger partial charge in [-0.15, -0.1) is 0 Å². The Morgan fingerprint density at radius 3 is 2.74 bits per heavy atom. The van der Waals surface area contributed by atoms with Crippen molar-refractivity contribution in [3.8, 4) is 5.75 Å². The molecule has 1 aromatic carbocycles. The van der Waals surface area contributed by atoms with Gasteiger partial charge >= 0.3 is 0 Å². The zero-order chi connectivity index (χ0) is 13.8. The summed E-state index contributed by atoms with van der Waals surface area (Å²) in [6.07, 6.45) is 1.45. The Kier molecular flexibility index (Phi) is 4.22. The quantitative estimate of drug-likeness (QED) is 0.867. The van der Waals surface area contributed by atoms with Gasteiger partial charge in [0.25, 0.3) is 0 Å². The van der Waals surface area contributed by atoms with Crippen LogP contribution in [-0.2, 0) is 0 Å². The van der Waals surface area contributed by atoms with Gasteiger partial charge in [0.1, 0.15) is 23.0 Å². The lowest BCUT2D eigenvalue weighted by molar-refractivity contribution is 0.408. The Morgan fingerprint density at radius 2 is 2.00 bits per heavy atom. The summed E-state index contributed by atoms with van der Waals surface area (Å²) in [4.78, 5) is 8.16. The van der Waals surface area contributed by atoms with Gasteiger partial charge in [0, 0.05) is 11.1 Å². The third kappa shape index (κ3) is 2.96. The van der Waals surface area contributed by atoms with Crippen molar-refractivity contribution in [2.45, 2.75) is 19.9 Å². The topological polar surface area (TPSA) is 47.0 Å². The first-order chi connectivity index (χ1) is 9.13.